The molecule has 17 heteroatoms. The van der Waals surface area contributed by atoms with Gasteiger partial charge in [0.05, 0.1) is 31.4 Å². The normalized spacial score (nSPS) is 26.3. The number of fused-ring (bicyclic) bond motifs is 3. The summed E-state index contributed by atoms with van der Waals surface area (Å²) in [7, 11) is 1.46. The van der Waals surface area contributed by atoms with E-state index in [1.165, 1.54) is 31.4 Å². The third-order valence-electron chi connectivity index (χ3n) is 9.13. The molecule has 54 heavy (non-hydrogen) atoms. The smallest absolute Gasteiger partial charge is 0.493 e. The first-order valence-corrected chi connectivity index (χ1v) is 16.8. The monoisotopic (exact) mass is 757 g/mol. The molecule has 3 aromatic rings. The molecule has 3 heterocycles. The fourth-order valence-corrected chi connectivity index (χ4v) is 6.45. The number of nitrogens with zero attached hydrogens (tertiary/aromatic N) is 1. The molecule has 2 N–H and O–H groups in total. The van der Waals surface area contributed by atoms with Gasteiger partial charge in [0, 0.05) is 18.1 Å². The molecule has 292 valence electrons. The Labute approximate surface area is 310 Å². The Hall–Kier alpha value is -5.04. The average Bonchev–Trinajstić information content (AvgIpc) is 3.61. The van der Waals surface area contributed by atoms with Crippen molar-refractivity contribution in [1.82, 2.24) is 0 Å². The molecule has 8 unspecified atom stereocenters. The number of nitro groups is 1. The molecule has 0 saturated carbocycles. The average molecular weight is 758 g/mol. The molecule has 4 aliphatic rings. The number of carbonyl (C=O) groups is 2. The minimum Gasteiger partial charge on any atom is -0.493 e. The van der Waals surface area contributed by atoms with Gasteiger partial charge in [0.25, 0.3) is 12.2 Å². The fourth-order valence-electron chi connectivity index (χ4n) is 6.45. The van der Waals surface area contributed by atoms with E-state index in [0.29, 0.717) is 35.7 Å². The van der Waals surface area contributed by atoms with Crippen LogP contribution in [0.1, 0.15) is 43.6 Å². The Balaban J connectivity index is 0.000000217. The number of methoxy groups -OCH3 is 1. The number of aliphatic hydroxyl groups excluding tert-OH is 2. The predicted octanol–water partition coefficient (Wildman–Crippen LogP) is 4.54. The largest absolute Gasteiger partial charge is 0.519 e. The number of aryl methyl sites for hydroxylation is 2. The summed E-state index contributed by atoms with van der Waals surface area (Å²) < 4.78 is 54.5. The van der Waals surface area contributed by atoms with Gasteiger partial charge in [0.1, 0.15) is 30.2 Å². The van der Waals surface area contributed by atoms with Gasteiger partial charge in [-0.1, -0.05) is 19.6 Å². The van der Waals surface area contributed by atoms with Gasteiger partial charge >= 0.3 is 6.16 Å². The van der Waals surface area contributed by atoms with Crippen molar-refractivity contribution in [3.8, 4) is 28.7 Å². The first kappa shape index (κ1) is 40.2. The Kier molecular flexibility index (Phi) is 13.3. The summed E-state index contributed by atoms with van der Waals surface area (Å²) in [6.07, 6.45) is -5.47. The molecular formula is C37H43NO16. The van der Waals surface area contributed by atoms with Crippen LogP contribution in [-0.4, -0.2) is 91.9 Å². The van der Waals surface area contributed by atoms with E-state index in [2.05, 4.69) is 0 Å². The summed E-state index contributed by atoms with van der Waals surface area (Å²) in [6.45, 7) is 4.41. The number of rotatable bonds is 9. The van der Waals surface area contributed by atoms with E-state index < -0.39 is 54.2 Å². The van der Waals surface area contributed by atoms with Gasteiger partial charge < -0.3 is 57.6 Å². The maximum atomic E-state index is 11.8. The highest BCUT2D eigenvalue weighted by atomic mass is 16.8. The van der Waals surface area contributed by atoms with Crippen LogP contribution in [0.5, 0.6) is 28.7 Å². The molecule has 8 atom stereocenters. The van der Waals surface area contributed by atoms with Gasteiger partial charge in [-0.25, -0.2) is 4.79 Å². The zero-order valence-electron chi connectivity index (χ0n) is 29.0. The minimum absolute atomic E-state index is 0. The topological polar surface area (TPSA) is 210 Å². The summed E-state index contributed by atoms with van der Waals surface area (Å²) >= 11 is 0. The molecule has 3 aromatic carbocycles. The van der Waals surface area contributed by atoms with Crippen molar-refractivity contribution in [3.05, 3.63) is 81.4 Å². The molecule has 17 nitrogen and oxygen atoms in total. The first-order chi connectivity index (χ1) is 25.6. The highest BCUT2D eigenvalue weighted by Gasteiger charge is 2.50. The Morgan fingerprint density at radius 2 is 1.78 bits per heavy atom. The van der Waals surface area contributed by atoms with Crippen molar-refractivity contribution < 1.29 is 72.1 Å². The van der Waals surface area contributed by atoms with Crippen molar-refractivity contribution in [3.63, 3.8) is 0 Å². The number of aliphatic hydroxyl groups is 2. The SMILES string of the molecule is C.CC1OCC2OC(OC3c4cc5c(cc4CCC3COC=O)OCO5)C(O)C(O)C2O1.COc1cccc(C)c1OC(=O)Oc1ccc([N+](=O)[O-])cc1. The van der Waals surface area contributed by atoms with E-state index in [-0.39, 0.29) is 50.5 Å². The predicted molar refractivity (Wildman–Crippen MR) is 185 cm³/mol. The second-order valence-electron chi connectivity index (χ2n) is 12.5. The van der Waals surface area contributed by atoms with Crippen LogP contribution in [-0.2, 0) is 34.9 Å². The lowest BCUT2D eigenvalue weighted by molar-refractivity contribution is -0.384. The number of benzene rings is 3. The van der Waals surface area contributed by atoms with Crippen molar-refractivity contribution >= 4 is 18.3 Å². The lowest BCUT2D eigenvalue weighted by Crippen LogP contribution is -2.63. The Morgan fingerprint density at radius 1 is 1.04 bits per heavy atom. The van der Waals surface area contributed by atoms with Gasteiger partial charge in [-0.2, -0.15) is 0 Å². The highest BCUT2D eigenvalue weighted by molar-refractivity contribution is 5.69. The van der Waals surface area contributed by atoms with Crippen molar-refractivity contribution in [2.24, 2.45) is 5.92 Å². The molecule has 3 aliphatic heterocycles. The van der Waals surface area contributed by atoms with Gasteiger partial charge in [-0.3, -0.25) is 14.9 Å². The zero-order valence-corrected chi connectivity index (χ0v) is 29.0. The third-order valence-corrected chi connectivity index (χ3v) is 9.13. The second kappa shape index (κ2) is 17.9. The maximum Gasteiger partial charge on any atom is 0.519 e. The Bertz CT molecular complexity index is 1770. The van der Waals surface area contributed by atoms with Crippen LogP contribution in [0, 0.1) is 23.0 Å². The van der Waals surface area contributed by atoms with Gasteiger partial charge in [-0.15, -0.1) is 0 Å². The molecule has 1 aliphatic carbocycles. The van der Waals surface area contributed by atoms with Crippen LogP contribution in [0.2, 0.25) is 0 Å². The number of para-hydroxylation sites is 1. The third kappa shape index (κ3) is 9.00. The van der Waals surface area contributed by atoms with E-state index >= 15 is 0 Å². The number of non-ortho nitro benzene ring substituents is 1. The quantitative estimate of drug-likeness (QED) is 0.101. The molecule has 2 fully saturated rings. The number of hydrogen-bond acceptors (Lipinski definition) is 16. The van der Waals surface area contributed by atoms with Crippen LogP contribution in [0.25, 0.3) is 0 Å². The van der Waals surface area contributed by atoms with Crippen molar-refractivity contribution in [1.29, 1.82) is 0 Å². The maximum absolute atomic E-state index is 11.8. The molecular weight excluding hydrogens is 714 g/mol. The van der Waals surface area contributed by atoms with Gasteiger partial charge in [0.2, 0.25) is 6.79 Å². The van der Waals surface area contributed by atoms with Crippen LogP contribution in [0.3, 0.4) is 0 Å². The molecule has 0 amide bonds. The van der Waals surface area contributed by atoms with Crippen LogP contribution in [0.15, 0.2) is 54.6 Å². The van der Waals surface area contributed by atoms with Crippen LogP contribution < -0.4 is 23.7 Å². The number of carbonyl (C=O) groups excluding carboxylic acids is 2. The number of nitro benzene ring substituents is 1. The molecule has 0 aromatic heterocycles. The van der Waals surface area contributed by atoms with Gasteiger partial charge in [0.15, 0.2) is 35.6 Å². The van der Waals surface area contributed by atoms with E-state index in [1.807, 2.05) is 12.1 Å². The summed E-state index contributed by atoms with van der Waals surface area (Å²) in [5.74, 6) is 1.93. The lowest BCUT2D eigenvalue weighted by Gasteiger charge is -2.47. The fraction of sp³-hybridized carbons (Fsp3) is 0.459. The molecule has 0 radical (unpaired) electrons. The zero-order chi connectivity index (χ0) is 37.6. The van der Waals surface area contributed by atoms with E-state index in [0.717, 1.165) is 17.5 Å². The highest BCUT2D eigenvalue weighted by Crippen LogP contribution is 2.45. The summed E-state index contributed by atoms with van der Waals surface area (Å²) in [5.41, 5.74) is 2.49. The summed E-state index contributed by atoms with van der Waals surface area (Å²) in [6, 6.07) is 14.1. The number of ether oxygens (including phenoxy) is 10. The lowest BCUT2D eigenvalue weighted by atomic mass is 9.81. The number of hydrogen-bond donors (Lipinski definition) is 2. The molecule has 2 saturated heterocycles. The van der Waals surface area contributed by atoms with Crippen LogP contribution >= 0.6 is 0 Å². The van der Waals surface area contributed by atoms with E-state index in [1.54, 1.807) is 32.0 Å². The van der Waals surface area contributed by atoms with E-state index in [4.69, 9.17) is 47.4 Å². The van der Waals surface area contributed by atoms with Crippen molar-refractivity contribution in [2.75, 3.05) is 27.1 Å². The Morgan fingerprint density at radius 3 is 2.48 bits per heavy atom. The molecule has 0 spiro atoms. The summed E-state index contributed by atoms with van der Waals surface area (Å²) in [4.78, 5) is 32.6. The first-order valence-electron chi connectivity index (χ1n) is 16.8. The van der Waals surface area contributed by atoms with Crippen LogP contribution in [0.4, 0.5) is 10.5 Å². The van der Waals surface area contributed by atoms with Crippen molar-refractivity contribution in [2.45, 2.75) is 77.2 Å². The summed E-state index contributed by atoms with van der Waals surface area (Å²) in [5, 5.41) is 31.9. The minimum atomic E-state index is -1.32. The van der Waals surface area contributed by atoms with Gasteiger partial charge in [-0.05, 0) is 73.7 Å². The molecule has 0 bridgehead atoms. The van der Waals surface area contributed by atoms with E-state index in [9.17, 15) is 29.9 Å². The molecule has 7 rings (SSSR count). The standard InChI is InChI=1S/C21H26O10.C15H13NO6.CH4/c1-10-26-7-16-20(29-10)17(23)18(24)21(30-16)31-19-12(6-25-8-22)3-2-11-4-14-15(5-13(11)19)28-9-27-14;1-10-4-3-5-13(20-2)14(10)22-15(17)21-12-8-6-11(7-9-12)16(18)19;/h4-5,8,10,12,16-21,23-24H,2-3,6-7,9H2,1H3;3-9H,1-2H3;1H4. The second-order valence-corrected chi connectivity index (χ2v) is 12.5.